The van der Waals surface area contributed by atoms with Gasteiger partial charge in [-0.05, 0) is 12.1 Å². The van der Waals surface area contributed by atoms with Gasteiger partial charge in [0.1, 0.15) is 12.8 Å². The first-order chi connectivity index (χ1) is 10.3. The van der Waals surface area contributed by atoms with E-state index in [2.05, 4.69) is 24.7 Å². The van der Waals surface area contributed by atoms with E-state index in [0.29, 0.717) is 17.5 Å². The highest BCUT2D eigenvalue weighted by Crippen LogP contribution is 2.23. The molecule has 116 valence electrons. The third-order valence-electron chi connectivity index (χ3n) is 3.26. The number of nitriles is 1. The van der Waals surface area contributed by atoms with Crippen LogP contribution in [-0.4, -0.2) is 29.4 Å². The van der Waals surface area contributed by atoms with Crippen LogP contribution in [0, 0.1) is 21.4 Å². The van der Waals surface area contributed by atoms with Gasteiger partial charge in [-0.3, -0.25) is 10.1 Å². The monoisotopic (exact) mass is 318 g/mol. The predicted octanol–water partition coefficient (Wildman–Crippen LogP) is 3.13. The highest BCUT2D eigenvalue weighted by atomic mass is 28.3. The maximum atomic E-state index is 10.9. The molecule has 0 aliphatic carbocycles. The van der Waals surface area contributed by atoms with Gasteiger partial charge >= 0.3 is 0 Å². The summed E-state index contributed by atoms with van der Waals surface area (Å²) >= 11 is 0. The lowest BCUT2D eigenvalue weighted by molar-refractivity contribution is -0.384. The number of nitro benzene ring substituents is 1. The first kappa shape index (κ1) is 16.1. The zero-order valence-electron chi connectivity index (χ0n) is 12.9. The topological polar surface area (TPSA) is 94.0 Å². The second-order valence-corrected chi connectivity index (χ2v) is 11.9. The Morgan fingerprint density at radius 2 is 2.18 bits per heavy atom. The van der Waals surface area contributed by atoms with E-state index in [1.54, 1.807) is 6.07 Å². The van der Waals surface area contributed by atoms with Crippen LogP contribution in [0.15, 0.2) is 18.2 Å². The average molecular weight is 318 g/mol. The van der Waals surface area contributed by atoms with Gasteiger partial charge in [-0.1, -0.05) is 19.6 Å². The van der Waals surface area contributed by atoms with Crippen molar-refractivity contribution in [3.05, 3.63) is 34.0 Å². The van der Waals surface area contributed by atoms with Crippen LogP contribution in [0.4, 0.5) is 5.69 Å². The number of rotatable bonds is 6. The number of nitro groups is 1. The molecule has 2 rings (SSSR count). The summed E-state index contributed by atoms with van der Waals surface area (Å²) in [5.41, 5.74) is 0.762. The number of aromatic nitrogens is 2. The summed E-state index contributed by atoms with van der Waals surface area (Å²) in [7, 11) is -1.17. The molecule has 1 aromatic carbocycles. The Labute approximate surface area is 129 Å². The lowest BCUT2D eigenvalue weighted by Crippen LogP contribution is -2.22. The zero-order valence-corrected chi connectivity index (χ0v) is 13.9. The molecule has 0 bridgehead atoms. The van der Waals surface area contributed by atoms with Gasteiger partial charge in [0.05, 0.1) is 10.4 Å². The summed E-state index contributed by atoms with van der Waals surface area (Å²) in [6.07, 6.45) is 0. The van der Waals surface area contributed by atoms with Gasteiger partial charge in [0.2, 0.25) is 0 Å². The van der Waals surface area contributed by atoms with Gasteiger partial charge in [0.25, 0.3) is 5.69 Å². The Hall–Kier alpha value is -2.24. The second kappa shape index (κ2) is 6.25. The fourth-order valence-corrected chi connectivity index (χ4v) is 2.74. The van der Waals surface area contributed by atoms with Crippen molar-refractivity contribution in [2.75, 3.05) is 6.61 Å². The lowest BCUT2D eigenvalue weighted by atomic mass is 10.2. The Balaban J connectivity index is 2.23. The summed E-state index contributed by atoms with van der Waals surface area (Å²) in [4.78, 5) is 10.4. The molecule has 0 N–H and O–H groups in total. The van der Waals surface area contributed by atoms with E-state index in [-0.39, 0.29) is 18.1 Å². The molecule has 8 heteroatoms. The van der Waals surface area contributed by atoms with Gasteiger partial charge in [-0.2, -0.15) is 10.4 Å². The third kappa shape index (κ3) is 3.69. The molecule has 2 aromatic rings. The summed E-state index contributed by atoms with van der Waals surface area (Å²) in [6.45, 7) is 7.59. The van der Waals surface area contributed by atoms with Crippen LogP contribution in [0.2, 0.25) is 25.7 Å². The van der Waals surface area contributed by atoms with Crippen molar-refractivity contribution in [2.45, 2.75) is 32.4 Å². The molecular formula is C14H18N4O3Si. The number of nitrogens with zero attached hydrogens (tertiary/aromatic N) is 4. The van der Waals surface area contributed by atoms with Crippen LogP contribution in [-0.2, 0) is 11.5 Å². The minimum absolute atomic E-state index is 0.0276. The minimum atomic E-state index is -1.17. The Bertz CT molecular complexity index is 743. The quantitative estimate of drug-likeness (QED) is 0.353. The molecule has 0 fully saturated rings. The SMILES string of the molecule is C[Si](C)(C)CCOCn1nc(C#N)c2ccc([N+](=O)[O-])cc21. The van der Waals surface area contributed by atoms with Crippen molar-refractivity contribution in [3.63, 3.8) is 0 Å². The van der Waals surface area contributed by atoms with E-state index in [1.807, 2.05) is 6.07 Å². The fourth-order valence-electron chi connectivity index (χ4n) is 1.99. The van der Waals surface area contributed by atoms with Crippen molar-refractivity contribution in [2.24, 2.45) is 0 Å². The van der Waals surface area contributed by atoms with Crippen LogP contribution < -0.4 is 0 Å². The molecular weight excluding hydrogens is 300 g/mol. The van der Waals surface area contributed by atoms with Gasteiger partial charge in [0, 0.05) is 32.2 Å². The highest BCUT2D eigenvalue weighted by Gasteiger charge is 2.16. The smallest absolute Gasteiger partial charge is 0.271 e. The number of fused-ring (bicyclic) bond motifs is 1. The van der Waals surface area contributed by atoms with E-state index in [0.717, 1.165) is 6.04 Å². The molecule has 0 atom stereocenters. The molecule has 0 amide bonds. The lowest BCUT2D eigenvalue weighted by Gasteiger charge is -2.15. The van der Waals surface area contributed by atoms with Crippen molar-refractivity contribution < 1.29 is 9.66 Å². The summed E-state index contributed by atoms with van der Waals surface area (Å²) in [5.74, 6) is 0. The molecule has 0 saturated carbocycles. The fraction of sp³-hybridized carbons (Fsp3) is 0.429. The standard InChI is InChI=1S/C14H18N4O3Si/c1-22(2,3)7-6-21-10-17-14-8-11(18(19)20)4-5-12(14)13(9-15)16-17/h4-5,8H,6-7,10H2,1-3H3. The predicted molar refractivity (Wildman–Crippen MR) is 85.2 cm³/mol. The van der Waals surface area contributed by atoms with Gasteiger partial charge in [-0.15, -0.1) is 0 Å². The molecule has 22 heavy (non-hydrogen) atoms. The summed E-state index contributed by atoms with van der Waals surface area (Å²) in [5, 5.41) is 24.8. The van der Waals surface area contributed by atoms with Crippen molar-refractivity contribution in [1.29, 1.82) is 5.26 Å². The molecule has 0 aliphatic heterocycles. The highest BCUT2D eigenvalue weighted by molar-refractivity contribution is 6.76. The summed E-state index contributed by atoms with van der Waals surface area (Å²) in [6, 6.07) is 7.38. The maximum absolute atomic E-state index is 10.9. The molecule has 0 saturated heterocycles. The third-order valence-corrected chi connectivity index (χ3v) is 4.97. The number of non-ortho nitro benzene ring substituents is 1. The number of benzene rings is 1. The van der Waals surface area contributed by atoms with Crippen molar-refractivity contribution in [1.82, 2.24) is 9.78 Å². The molecule has 0 unspecified atom stereocenters. The van der Waals surface area contributed by atoms with E-state index in [1.165, 1.54) is 16.8 Å². The second-order valence-electron chi connectivity index (χ2n) is 6.27. The van der Waals surface area contributed by atoms with Gasteiger partial charge in [0.15, 0.2) is 5.69 Å². The minimum Gasteiger partial charge on any atom is -0.360 e. The van der Waals surface area contributed by atoms with Crippen molar-refractivity contribution >= 4 is 24.7 Å². The summed E-state index contributed by atoms with van der Waals surface area (Å²) < 4.78 is 7.12. The van der Waals surface area contributed by atoms with Crippen LogP contribution in [0.5, 0.6) is 0 Å². The molecule has 7 nitrogen and oxygen atoms in total. The van der Waals surface area contributed by atoms with Crippen molar-refractivity contribution in [3.8, 4) is 6.07 Å². The molecule has 0 aliphatic rings. The largest absolute Gasteiger partial charge is 0.360 e. The normalized spacial score (nSPS) is 11.5. The van der Waals surface area contributed by atoms with E-state index in [4.69, 9.17) is 10.00 Å². The van der Waals surface area contributed by atoms with Crippen LogP contribution >= 0.6 is 0 Å². The first-order valence-corrected chi connectivity index (χ1v) is 10.7. The Morgan fingerprint density at radius 3 is 2.77 bits per heavy atom. The number of ether oxygens (including phenoxy) is 1. The van der Waals surface area contributed by atoms with Gasteiger partial charge < -0.3 is 4.74 Å². The van der Waals surface area contributed by atoms with E-state index in [9.17, 15) is 10.1 Å². The van der Waals surface area contributed by atoms with Gasteiger partial charge in [-0.25, -0.2) is 4.68 Å². The van der Waals surface area contributed by atoms with Crippen LogP contribution in [0.1, 0.15) is 5.69 Å². The Morgan fingerprint density at radius 1 is 1.45 bits per heavy atom. The van der Waals surface area contributed by atoms with Crippen LogP contribution in [0.3, 0.4) is 0 Å². The molecule has 0 spiro atoms. The number of hydrogen-bond donors (Lipinski definition) is 0. The van der Waals surface area contributed by atoms with Crippen LogP contribution in [0.25, 0.3) is 10.9 Å². The average Bonchev–Trinajstić information content (AvgIpc) is 2.80. The van der Waals surface area contributed by atoms with E-state index >= 15 is 0 Å². The maximum Gasteiger partial charge on any atom is 0.271 e. The Kier molecular flexibility index (Phi) is 4.58. The first-order valence-electron chi connectivity index (χ1n) is 6.94. The molecule has 0 radical (unpaired) electrons. The van der Waals surface area contributed by atoms with E-state index < -0.39 is 13.0 Å². The molecule has 1 heterocycles. The molecule has 1 aromatic heterocycles. The number of hydrogen-bond acceptors (Lipinski definition) is 5. The zero-order chi connectivity index (χ0) is 16.3.